The third-order valence-electron chi connectivity index (χ3n) is 3.91. The van der Waals surface area contributed by atoms with Crippen molar-refractivity contribution in [1.29, 1.82) is 0 Å². The number of nitrogens with two attached hydrogens (primary N) is 1. The smallest absolute Gasteiger partial charge is 0.128 e. The van der Waals surface area contributed by atoms with Crippen molar-refractivity contribution < 1.29 is 14.6 Å². The van der Waals surface area contributed by atoms with Crippen molar-refractivity contribution in [2.75, 3.05) is 0 Å². The topological polar surface area (TPSA) is 66.5 Å². The van der Waals surface area contributed by atoms with Crippen LogP contribution < -0.4 is 5.73 Å². The Kier molecular flexibility index (Phi) is 5.39. The van der Waals surface area contributed by atoms with E-state index in [4.69, 9.17) is 5.73 Å². The van der Waals surface area contributed by atoms with Gasteiger partial charge in [0.05, 0.1) is 6.10 Å². The van der Waals surface area contributed by atoms with Gasteiger partial charge in [-0.15, -0.1) is 0 Å². The molecule has 0 aromatic heterocycles. The molecule has 23 heavy (non-hydrogen) atoms. The maximum absolute atomic E-state index is 13.9. The van der Waals surface area contributed by atoms with E-state index in [0.717, 1.165) is 5.56 Å². The summed E-state index contributed by atoms with van der Waals surface area (Å²) in [5, 5.41) is 19.9. The number of benzene rings is 2. The Morgan fingerprint density at radius 2 is 1.70 bits per heavy atom. The van der Waals surface area contributed by atoms with Gasteiger partial charge in [-0.05, 0) is 56.4 Å². The van der Waals surface area contributed by atoms with Crippen LogP contribution in [0.3, 0.4) is 0 Å². The molecule has 124 valence electrons. The Morgan fingerprint density at radius 1 is 1.09 bits per heavy atom. The molecule has 0 aliphatic carbocycles. The minimum Gasteiger partial charge on any atom is -0.508 e. The third-order valence-corrected chi connectivity index (χ3v) is 3.91. The number of rotatable bonds is 6. The van der Waals surface area contributed by atoms with Crippen molar-refractivity contribution in [2.24, 2.45) is 5.73 Å². The molecule has 0 spiro atoms. The second-order valence-corrected chi connectivity index (χ2v) is 6.75. The minimum absolute atomic E-state index is 0.0368. The van der Waals surface area contributed by atoms with E-state index >= 15 is 0 Å². The lowest BCUT2D eigenvalue weighted by Crippen LogP contribution is -2.34. The van der Waals surface area contributed by atoms with Gasteiger partial charge in [-0.1, -0.05) is 30.3 Å². The minimum atomic E-state index is -0.905. The second-order valence-electron chi connectivity index (χ2n) is 6.75. The maximum atomic E-state index is 13.9. The van der Waals surface area contributed by atoms with E-state index in [1.807, 2.05) is 26.0 Å². The molecular formula is C19H24FNO2. The molecule has 4 N–H and O–H groups in total. The van der Waals surface area contributed by atoms with E-state index in [1.54, 1.807) is 30.3 Å². The summed E-state index contributed by atoms with van der Waals surface area (Å²) in [6.45, 7) is 3.85. The number of halogens is 1. The normalized spacial score (nSPS) is 14.5. The Labute approximate surface area is 136 Å². The Morgan fingerprint density at radius 3 is 2.26 bits per heavy atom. The van der Waals surface area contributed by atoms with Crippen LogP contribution >= 0.6 is 0 Å². The van der Waals surface area contributed by atoms with Gasteiger partial charge in [-0.25, -0.2) is 4.39 Å². The van der Waals surface area contributed by atoms with E-state index in [-0.39, 0.29) is 11.7 Å². The zero-order chi connectivity index (χ0) is 17.0. The lowest BCUT2D eigenvalue weighted by molar-refractivity contribution is 0.147. The van der Waals surface area contributed by atoms with Crippen molar-refractivity contribution in [3.8, 4) is 5.75 Å². The predicted molar refractivity (Wildman–Crippen MR) is 89.7 cm³/mol. The molecule has 0 amide bonds. The molecule has 2 rings (SSSR count). The molecule has 0 radical (unpaired) electrons. The fraction of sp³-hybridized carbons (Fsp3) is 0.368. The van der Waals surface area contributed by atoms with Crippen LogP contribution in [-0.2, 0) is 0 Å². The van der Waals surface area contributed by atoms with Gasteiger partial charge < -0.3 is 15.9 Å². The van der Waals surface area contributed by atoms with Crippen molar-refractivity contribution >= 4 is 0 Å². The number of aliphatic hydroxyl groups excluding tert-OH is 1. The van der Waals surface area contributed by atoms with Gasteiger partial charge in [0.15, 0.2) is 0 Å². The van der Waals surface area contributed by atoms with Crippen molar-refractivity contribution in [3.63, 3.8) is 0 Å². The first kappa shape index (κ1) is 17.4. The van der Waals surface area contributed by atoms with Crippen molar-refractivity contribution in [1.82, 2.24) is 0 Å². The molecule has 2 atom stereocenters. The number of phenolic OH excluding ortho intramolecular Hbond substituents is 1. The Hall–Kier alpha value is -1.91. The highest BCUT2D eigenvalue weighted by atomic mass is 19.1. The fourth-order valence-corrected chi connectivity index (χ4v) is 2.86. The quantitative estimate of drug-likeness (QED) is 0.758. The number of phenols is 1. The molecule has 3 nitrogen and oxygen atoms in total. The molecule has 2 aromatic carbocycles. The van der Waals surface area contributed by atoms with Crippen LogP contribution in [-0.4, -0.2) is 15.8 Å². The predicted octanol–water partition coefficient (Wildman–Crippen LogP) is 3.87. The summed E-state index contributed by atoms with van der Waals surface area (Å²) in [5.41, 5.74) is 6.99. The fourth-order valence-electron chi connectivity index (χ4n) is 2.86. The summed E-state index contributed by atoms with van der Waals surface area (Å²) in [4.78, 5) is 0. The van der Waals surface area contributed by atoms with E-state index in [0.29, 0.717) is 18.4 Å². The number of aromatic hydroxyl groups is 1. The molecule has 0 saturated heterocycles. The van der Waals surface area contributed by atoms with E-state index in [2.05, 4.69) is 0 Å². The van der Waals surface area contributed by atoms with Crippen LogP contribution in [0, 0.1) is 5.82 Å². The highest BCUT2D eigenvalue weighted by molar-refractivity contribution is 5.29. The molecule has 2 aromatic rings. The average Bonchev–Trinajstić information content (AvgIpc) is 2.46. The summed E-state index contributed by atoms with van der Waals surface area (Å²) in [5.74, 6) is -0.254. The summed E-state index contributed by atoms with van der Waals surface area (Å²) >= 11 is 0. The monoisotopic (exact) mass is 317 g/mol. The Bertz CT molecular complexity index is 635. The van der Waals surface area contributed by atoms with Crippen LogP contribution in [0.4, 0.5) is 4.39 Å². The van der Waals surface area contributed by atoms with E-state index in [9.17, 15) is 14.6 Å². The van der Waals surface area contributed by atoms with Gasteiger partial charge >= 0.3 is 0 Å². The van der Waals surface area contributed by atoms with E-state index in [1.165, 1.54) is 6.07 Å². The lowest BCUT2D eigenvalue weighted by atomic mass is 9.82. The summed E-state index contributed by atoms with van der Waals surface area (Å²) in [7, 11) is 0. The first-order chi connectivity index (χ1) is 10.8. The van der Waals surface area contributed by atoms with Crippen molar-refractivity contribution in [2.45, 2.75) is 44.2 Å². The van der Waals surface area contributed by atoms with Crippen LogP contribution in [0.5, 0.6) is 5.75 Å². The third kappa shape index (κ3) is 5.05. The maximum Gasteiger partial charge on any atom is 0.128 e. The molecule has 0 bridgehead atoms. The summed E-state index contributed by atoms with van der Waals surface area (Å²) < 4.78 is 13.9. The molecule has 0 saturated carbocycles. The molecule has 0 heterocycles. The SMILES string of the molecule is CC(C)(N)CC(CC(O)c1ccccc1F)c1ccc(O)cc1. The first-order valence-corrected chi connectivity index (χ1v) is 7.76. The van der Waals surface area contributed by atoms with Gasteiger partial charge in [-0.2, -0.15) is 0 Å². The van der Waals surface area contributed by atoms with Gasteiger partial charge in [0, 0.05) is 11.1 Å². The van der Waals surface area contributed by atoms with Crippen LogP contribution in [0.25, 0.3) is 0 Å². The zero-order valence-electron chi connectivity index (χ0n) is 13.5. The van der Waals surface area contributed by atoms with Crippen LogP contribution in [0.2, 0.25) is 0 Å². The standard InChI is InChI=1S/C19H24FNO2/c1-19(2,21)12-14(13-7-9-15(22)10-8-13)11-18(23)16-5-3-4-6-17(16)20/h3-10,14,18,22-23H,11-12,21H2,1-2H3. The summed E-state index contributed by atoms with van der Waals surface area (Å²) in [6, 6.07) is 13.1. The molecule has 2 unspecified atom stereocenters. The van der Waals surface area contributed by atoms with Crippen molar-refractivity contribution in [3.05, 3.63) is 65.5 Å². The highest BCUT2D eigenvalue weighted by Crippen LogP contribution is 2.35. The largest absolute Gasteiger partial charge is 0.508 e. The first-order valence-electron chi connectivity index (χ1n) is 7.76. The second kappa shape index (κ2) is 7.11. The lowest BCUT2D eigenvalue weighted by Gasteiger charge is -2.28. The number of hydrogen-bond acceptors (Lipinski definition) is 3. The Balaban J connectivity index is 2.24. The molecular weight excluding hydrogens is 293 g/mol. The highest BCUT2D eigenvalue weighted by Gasteiger charge is 2.25. The zero-order valence-corrected chi connectivity index (χ0v) is 13.5. The molecule has 0 aliphatic rings. The average molecular weight is 317 g/mol. The van der Waals surface area contributed by atoms with Gasteiger partial charge in [-0.3, -0.25) is 0 Å². The van der Waals surface area contributed by atoms with Gasteiger partial charge in [0.2, 0.25) is 0 Å². The van der Waals surface area contributed by atoms with Gasteiger partial charge in [0.25, 0.3) is 0 Å². The van der Waals surface area contributed by atoms with Crippen LogP contribution in [0.1, 0.15) is 49.8 Å². The molecule has 0 aliphatic heterocycles. The van der Waals surface area contributed by atoms with Crippen LogP contribution in [0.15, 0.2) is 48.5 Å². The summed E-state index contributed by atoms with van der Waals surface area (Å²) in [6.07, 6.45) is 0.104. The molecule has 0 fully saturated rings. The number of hydrogen-bond donors (Lipinski definition) is 3. The number of aliphatic hydroxyl groups is 1. The van der Waals surface area contributed by atoms with Gasteiger partial charge in [0.1, 0.15) is 11.6 Å². The molecule has 4 heteroatoms. The van der Waals surface area contributed by atoms with E-state index < -0.39 is 17.5 Å².